The van der Waals surface area contributed by atoms with Crippen LogP contribution in [0.4, 0.5) is 4.79 Å². The molecule has 56 heavy (non-hydrogen) atoms. The van der Waals surface area contributed by atoms with Crippen molar-refractivity contribution in [1.82, 2.24) is 35.2 Å². The summed E-state index contributed by atoms with van der Waals surface area (Å²) >= 11 is 0. The molecule has 5 atom stereocenters. The van der Waals surface area contributed by atoms with E-state index in [0.717, 1.165) is 41.7 Å². The smallest absolute Gasteiger partial charge is 0.407 e. The zero-order chi connectivity index (χ0) is 39.8. The Morgan fingerprint density at radius 2 is 1.79 bits per heavy atom. The van der Waals surface area contributed by atoms with Gasteiger partial charge in [0.15, 0.2) is 0 Å². The number of fused-ring (bicyclic) bond motifs is 8. The minimum absolute atomic E-state index is 0.00717. The van der Waals surface area contributed by atoms with Crippen LogP contribution in [0.5, 0.6) is 5.75 Å². The van der Waals surface area contributed by atoms with E-state index >= 15 is 0 Å². The lowest BCUT2D eigenvalue weighted by Gasteiger charge is -2.31. The molecule has 2 aliphatic heterocycles. The number of amides is 4. The number of sulfonamides is 1. The van der Waals surface area contributed by atoms with E-state index in [4.69, 9.17) is 19.7 Å². The molecule has 0 radical (unpaired) electrons. The molecule has 3 fully saturated rings. The Morgan fingerprint density at radius 3 is 2.45 bits per heavy atom. The first-order valence-corrected chi connectivity index (χ1v) is 20.8. The monoisotopic (exact) mass is 787 g/mol. The molecule has 1 saturated heterocycles. The van der Waals surface area contributed by atoms with E-state index in [1.165, 1.54) is 11.0 Å². The lowest BCUT2D eigenvalue weighted by atomic mass is 9.99. The number of benzene rings is 2. The van der Waals surface area contributed by atoms with Crippen molar-refractivity contribution in [3.8, 4) is 28.3 Å². The second-order valence-corrected chi connectivity index (χ2v) is 17.5. The predicted octanol–water partition coefficient (Wildman–Crippen LogP) is 3.91. The van der Waals surface area contributed by atoms with Gasteiger partial charge >= 0.3 is 6.09 Å². The number of rotatable bonds is 9. The Labute approximate surface area is 326 Å². The number of cyclic esters (lactones) is 1. The molecule has 2 aromatic carbocycles. The van der Waals surface area contributed by atoms with Crippen LogP contribution in [0, 0.1) is 11.8 Å². The molecule has 3 N–H and O–H groups in total. The maximum Gasteiger partial charge on any atom is 0.407 e. The van der Waals surface area contributed by atoms with Crippen LogP contribution in [0.1, 0.15) is 70.4 Å². The van der Waals surface area contributed by atoms with Crippen molar-refractivity contribution in [3.63, 3.8) is 0 Å². The SMILES string of the molecule is C=C[C@@H]1C[C@]1(NC(=O)[C@@H]1C[C@@H]2CN1C(=O)[C@H](C(C)C)NC(=O)OCCCCCc1cc(ccc1OC)-c1nn2nc1-c1ccccc1)C(=O)NS(=O)(=O)C1CC1. The highest BCUT2D eigenvalue weighted by molar-refractivity contribution is 7.91. The van der Waals surface area contributed by atoms with Crippen LogP contribution < -0.4 is 20.1 Å². The number of nitrogens with one attached hydrogen (secondary N) is 3. The molecule has 2 aliphatic carbocycles. The van der Waals surface area contributed by atoms with Gasteiger partial charge in [0, 0.05) is 30.0 Å². The standard InChI is InChI=1S/C40H49N7O8S/c1-5-28-22-40(28,38(50)45-56(52,53)30-16-17-30)42-36(48)31-21-29-23-46(31)37(49)33(24(2)3)41-39(51)55-19-11-7-10-14-26-20-27(15-18-32(26)54-4)35-34(43-47(29)44-35)25-12-8-6-9-13-25/h5-6,8-9,12-13,15,18,20,24,28-31,33H,1,7,10-11,14,16-17,19,21-23H2,2-4H3,(H,41,51)(H,42,48)(H,45,50)/t28-,29-,31+,33+,40-/m1/s1. The molecule has 0 unspecified atom stereocenters. The lowest BCUT2D eigenvalue weighted by Crippen LogP contribution is -2.59. The van der Waals surface area contributed by atoms with Gasteiger partial charge in [-0.05, 0) is 74.6 Å². The number of methoxy groups -OCH3 is 1. The molecule has 2 saturated carbocycles. The third-order valence-electron chi connectivity index (χ3n) is 11.2. The van der Waals surface area contributed by atoms with Gasteiger partial charge in [0.2, 0.25) is 21.8 Å². The average Bonchev–Trinajstić information content (AvgIpc) is 4.07. The van der Waals surface area contributed by atoms with Crippen LogP contribution >= 0.6 is 0 Å². The topological polar surface area (TPSA) is 191 Å². The van der Waals surface area contributed by atoms with E-state index in [-0.39, 0.29) is 31.9 Å². The normalized spacial score (nSPS) is 25.5. The summed E-state index contributed by atoms with van der Waals surface area (Å²) in [7, 11) is -2.27. The van der Waals surface area contributed by atoms with Crippen LogP contribution in [0.2, 0.25) is 0 Å². The van der Waals surface area contributed by atoms with Gasteiger partial charge in [-0.3, -0.25) is 19.1 Å². The van der Waals surface area contributed by atoms with Crippen molar-refractivity contribution in [2.45, 2.75) is 94.1 Å². The van der Waals surface area contributed by atoms with Crippen LogP contribution in [-0.2, 0) is 35.6 Å². The molecule has 1 aromatic heterocycles. The second-order valence-electron chi connectivity index (χ2n) is 15.5. The molecule has 4 amide bonds. The predicted molar refractivity (Wildman–Crippen MR) is 207 cm³/mol. The van der Waals surface area contributed by atoms with E-state index in [1.54, 1.807) is 25.8 Å². The zero-order valence-corrected chi connectivity index (χ0v) is 32.7. The number of alkyl carbamates (subject to hydrolysis) is 1. The number of nitrogens with zero attached hydrogens (tertiary/aromatic N) is 4. The van der Waals surface area contributed by atoms with Crippen LogP contribution in [0.3, 0.4) is 0 Å². The summed E-state index contributed by atoms with van der Waals surface area (Å²) in [5.74, 6) is -2.16. The lowest BCUT2D eigenvalue weighted by molar-refractivity contribution is -0.141. The first-order chi connectivity index (χ1) is 26.8. The summed E-state index contributed by atoms with van der Waals surface area (Å²) in [5.41, 5.74) is 2.32. The maximum absolute atomic E-state index is 14.5. The molecular weight excluding hydrogens is 739 g/mol. The summed E-state index contributed by atoms with van der Waals surface area (Å²) in [5, 5.41) is 14.9. The highest BCUT2D eigenvalue weighted by Gasteiger charge is 2.62. The first kappa shape index (κ1) is 39.0. The highest BCUT2D eigenvalue weighted by atomic mass is 32.2. The van der Waals surface area contributed by atoms with Gasteiger partial charge in [-0.1, -0.05) is 50.3 Å². The zero-order valence-electron chi connectivity index (χ0n) is 31.9. The molecule has 6 bridgehead atoms. The summed E-state index contributed by atoms with van der Waals surface area (Å²) in [6.07, 6.45) is 4.84. The Bertz CT molecular complexity index is 2120. The van der Waals surface area contributed by atoms with Gasteiger partial charge in [0.25, 0.3) is 5.91 Å². The highest BCUT2D eigenvalue weighted by Crippen LogP contribution is 2.46. The third kappa shape index (κ3) is 7.88. The molecular formula is C40H49N7O8S. The van der Waals surface area contributed by atoms with Crippen molar-refractivity contribution < 1.29 is 37.1 Å². The Balaban J connectivity index is 1.28. The summed E-state index contributed by atoms with van der Waals surface area (Å²) in [4.78, 5) is 58.5. The van der Waals surface area contributed by atoms with Crippen LogP contribution in [0.15, 0.2) is 61.2 Å². The van der Waals surface area contributed by atoms with E-state index in [0.29, 0.717) is 30.7 Å². The molecule has 3 aromatic rings. The van der Waals surface area contributed by atoms with Gasteiger partial charge in [0.1, 0.15) is 34.8 Å². The molecule has 4 aliphatic rings. The molecule has 3 heterocycles. The maximum atomic E-state index is 14.5. The third-order valence-corrected chi connectivity index (χ3v) is 13.0. The number of carbonyl (C=O) groups is 4. The fourth-order valence-corrected chi connectivity index (χ4v) is 9.07. The van der Waals surface area contributed by atoms with Crippen LogP contribution in [-0.4, -0.2) is 95.3 Å². The largest absolute Gasteiger partial charge is 0.496 e. The molecule has 298 valence electrons. The summed E-state index contributed by atoms with van der Waals surface area (Å²) < 4.78 is 38.9. The minimum atomic E-state index is -3.91. The average molecular weight is 788 g/mol. The number of ether oxygens (including phenoxy) is 2. The second kappa shape index (κ2) is 15.7. The quantitative estimate of drug-likeness (QED) is 0.268. The van der Waals surface area contributed by atoms with Gasteiger partial charge in [-0.25, -0.2) is 13.2 Å². The number of hydrogen-bond donors (Lipinski definition) is 3. The summed E-state index contributed by atoms with van der Waals surface area (Å²) in [6.45, 7) is 7.54. The summed E-state index contributed by atoms with van der Waals surface area (Å²) in [6, 6.07) is 12.8. The van der Waals surface area contributed by atoms with Gasteiger partial charge in [0.05, 0.1) is 25.0 Å². The molecule has 7 rings (SSSR count). The molecule has 0 spiro atoms. The number of aromatic nitrogens is 3. The van der Waals surface area contributed by atoms with Gasteiger partial charge in [-0.2, -0.15) is 15.0 Å². The Morgan fingerprint density at radius 1 is 1.05 bits per heavy atom. The number of carbonyl (C=O) groups excluding carboxylic acids is 4. The van der Waals surface area contributed by atoms with Gasteiger partial charge in [-0.15, -0.1) is 6.58 Å². The first-order valence-electron chi connectivity index (χ1n) is 19.3. The Kier molecular flexibility index (Phi) is 10.9. The van der Waals surface area contributed by atoms with E-state index < -0.39 is 68.7 Å². The van der Waals surface area contributed by atoms with Crippen LogP contribution in [0.25, 0.3) is 22.5 Å². The fraction of sp³-hybridized carbons (Fsp3) is 0.500. The van der Waals surface area contributed by atoms with Crippen molar-refractivity contribution in [1.29, 1.82) is 0 Å². The van der Waals surface area contributed by atoms with Crippen molar-refractivity contribution in [2.75, 3.05) is 20.3 Å². The van der Waals surface area contributed by atoms with Crippen molar-refractivity contribution in [2.24, 2.45) is 11.8 Å². The molecule has 16 heteroatoms. The van der Waals surface area contributed by atoms with Gasteiger partial charge < -0.3 is 25.0 Å². The van der Waals surface area contributed by atoms with Crippen molar-refractivity contribution in [3.05, 3.63) is 66.7 Å². The number of aryl methyl sites for hydroxylation is 1. The van der Waals surface area contributed by atoms with E-state index in [9.17, 15) is 27.6 Å². The van der Waals surface area contributed by atoms with E-state index in [2.05, 4.69) is 21.9 Å². The fourth-order valence-electron chi connectivity index (χ4n) is 7.70. The number of hydrogen-bond acceptors (Lipinski definition) is 10. The molecule has 15 nitrogen and oxygen atoms in total. The Hall–Kier alpha value is -5.25. The van der Waals surface area contributed by atoms with Crippen molar-refractivity contribution >= 4 is 33.8 Å². The minimum Gasteiger partial charge on any atom is -0.496 e. The van der Waals surface area contributed by atoms with E-state index in [1.807, 2.05) is 48.5 Å².